The fraction of sp³-hybridized carbons (Fsp3) is 0.0952. The molecule has 0 unspecified atom stereocenters. The Morgan fingerprint density at radius 1 is 1.03 bits per heavy atom. The molecular weight excluding hydrogens is 452 g/mol. The average Bonchev–Trinajstić information content (AvgIpc) is 3.11. The van der Waals surface area contributed by atoms with Gasteiger partial charge in [0.2, 0.25) is 5.82 Å². The molecule has 0 bridgehead atoms. The first-order valence-corrected chi connectivity index (χ1v) is 9.70. The topological polar surface area (TPSA) is 59.8 Å². The molecule has 1 amide bonds. The molecule has 2 aromatic heterocycles. The number of hydrogen-bond acceptors (Lipinski definition) is 3. The maximum absolute atomic E-state index is 13.8. The van der Waals surface area contributed by atoms with Crippen LogP contribution in [0, 0.1) is 6.92 Å². The summed E-state index contributed by atoms with van der Waals surface area (Å²) in [6.07, 6.45) is -3.40. The first-order chi connectivity index (χ1) is 14.7. The van der Waals surface area contributed by atoms with Crippen molar-refractivity contribution >= 4 is 45.8 Å². The Balaban J connectivity index is 1.94. The minimum Gasteiger partial charge on any atom is -0.319 e. The van der Waals surface area contributed by atoms with Crippen molar-refractivity contribution in [1.82, 2.24) is 14.5 Å². The quantitative estimate of drug-likeness (QED) is 0.386. The van der Waals surface area contributed by atoms with E-state index in [9.17, 15) is 18.0 Å². The van der Waals surface area contributed by atoms with Crippen LogP contribution in [0.2, 0.25) is 10.0 Å². The number of pyridine rings is 1. The minimum atomic E-state index is -4.77. The first-order valence-electron chi connectivity index (χ1n) is 8.94. The van der Waals surface area contributed by atoms with Crippen LogP contribution in [0.1, 0.15) is 21.7 Å². The molecule has 158 valence electrons. The predicted octanol–water partition coefficient (Wildman–Crippen LogP) is 6.31. The van der Waals surface area contributed by atoms with E-state index in [-0.39, 0.29) is 38.1 Å². The van der Waals surface area contributed by atoms with Gasteiger partial charge in [0, 0.05) is 6.20 Å². The van der Waals surface area contributed by atoms with Crippen LogP contribution in [0.3, 0.4) is 0 Å². The number of para-hydroxylation sites is 1. The van der Waals surface area contributed by atoms with Gasteiger partial charge in [-0.2, -0.15) is 13.2 Å². The number of nitrogens with one attached hydrogen (secondary N) is 1. The summed E-state index contributed by atoms with van der Waals surface area (Å²) in [7, 11) is 0. The van der Waals surface area contributed by atoms with Crippen molar-refractivity contribution in [3.63, 3.8) is 0 Å². The van der Waals surface area contributed by atoms with Crippen molar-refractivity contribution in [2.45, 2.75) is 13.1 Å². The lowest BCUT2D eigenvalue weighted by molar-refractivity contribution is -0.145. The Morgan fingerprint density at radius 3 is 2.35 bits per heavy atom. The summed E-state index contributed by atoms with van der Waals surface area (Å²) in [5, 5.41) is 2.98. The van der Waals surface area contributed by atoms with Gasteiger partial charge in [-0.05, 0) is 42.8 Å². The molecule has 2 aromatic carbocycles. The molecule has 0 aliphatic heterocycles. The maximum atomic E-state index is 13.8. The van der Waals surface area contributed by atoms with Crippen LogP contribution in [0.5, 0.6) is 0 Å². The van der Waals surface area contributed by atoms with Crippen LogP contribution in [0.4, 0.5) is 18.9 Å². The van der Waals surface area contributed by atoms with Gasteiger partial charge in [0.15, 0.2) is 0 Å². The van der Waals surface area contributed by atoms with Crippen LogP contribution >= 0.6 is 23.2 Å². The number of aryl methyl sites for hydroxylation is 1. The number of benzene rings is 2. The Hall–Kier alpha value is -3.10. The number of rotatable bonds is 3. The number of imidazole rings is 1. The predicted molar refractivity (Wildman–Crippen MR) is 113 cm³/mol. The van der Waals surface area contributed by atoms with Crippen LogP contribution in [0.15, 0.2) is 54.7 Å². The summed E-state index contributed by atoms with van der Waals surface area (Å²) >= 11 is 12.2. The minimum absolute atomic E-state index is 0.0198. The SMILES string of the molecule is Cc1ccc2c(nc(C(F)(F)F)n2-c2ccccn2)c1C(=O)Nc1c(Cl)cccc1Cl. The molecule has 2 heterocycles. The molecular formula is C21H13Cl2F3N4O. The van der Waals surface area contributed by atoms with Crippen LogP contribution in [-0.2, 0) is 6.18 Å². The molecule has 31 heavy (non-hydrogen) atoms. The fourth-order valence-electron chi connectivity index (χ4n) is 3.23. The molecule has 5 nitrogen and oxygen atoms in total. The van der Waals surface area contributed by atoms with E-state index in [0.29, 0.717) is 5.56 Å². The lowest BCUT2D eigenvalue weighted by Gasteiger charge is -2.12. The molecule has 10 heteroatoms. The van der Waals surface area contributed by atoms with Gasteiger partial charge in [-0.1, -0.05) is 41.4 Å². The number of halogens is 5. The maximum Gasteiger partial charge on any atom is 0.450 e. The van der Waals surface area contributed by atoms with E-state index in [1.807, 2.05) is 0 Å². The highest BCUT2D eigenvalue weighted by atomic mass is 35.5. The normalized spacial score (nSPS) is 11.7. The summed E-state index contributed by atoms with van der Waals surface area (Å²) in [6.45, 7) is 1.61. The van der Waals surface area contributed by atoms with Crippen molar-refractivity contribution in [2.24, 2.45) is 0 Å². The molecule has 0 fully saturated rings. The third-order valence-corrected chi connectivity index (χ3v) is 5.23. The Labute approximate surface area is 184 Å². The van der Waals surface area contributed by atoms with Crippen molar-refractivity contribution in [2.75, 3.05) is 5.32 Å². The summed E-state index contributed by atoms with van der Waals surface area (Å²) in [4.78, 5) is 20.9. The summed E-state index contributed by atoms with van der Waals surface area (Å²) in [6, 6.07) is 12.3. The Kier molecular flexibility index (Phi) is 5.36. The largest absolute Gasteiger partial charge is 0.450 e. The van der Waals surface area contributed by atoms with Crippen molar-refractivity contribution in [3.8, 4) is 5.82 Å². The van der Waals surface area contributed by atoms with Gasteiger partial charge in [0.25, 0.3) is 5.91 Å². The average molecular weight is 465 g/mol. The Bertz CT molecular complexity index is 1280. The molecule has 0 saturated carbocycles. The Morgan fingerprint density at radius 2 is 1.74 bits per heavy atom. The van der Waals surface area contributed by atoms with E-state index in [1.165, 1.54) is 30.5 Å². The number of nitrogens with zero attached hydrogens (tertiary/aromatic N) is 3. The van der Waals surface area contributed by atoms with E-state index >= 15 is 0 Å². The second-order valence-corrected chi connectivity index (χ2v) is 7.45. The van der Waals surface area contributed by atoms with Gasteiger partial charge in [0.05, 0.1) is 26.8 Å². The zero-order valence-electron chi connectivity index (χ0n) is 15.8. The van der Waals surface area contributed by atoms with E-state index < -0.39 is 17.9 Å². The first kappa shape index (κ1) is 21.1. The number of amides is 1. The van der Waals surface area contributed by atoms with Gasteiger partial charge in [-0.3, -0.25) is 9.36 Å². The lowest BCUT2D eigenvalue weighted by atomic mass is 10.1. The van der Waals surface area contributed by atoms with Crippen molar-refractivity contribution in [3.05, 3.63) is 81.7 Å². The summed E-state index contributed by atoms with van der Waals surface area (Å²) < 4.78 is 42.3. The van der Waals surface area contributed by atoms with Crippen LogP contribution < -0.4 is 5.32 Å². The fourth-order valence-corrected chi connectivity index (χ4v) is 3.72. The molecule has 4 rings (SSSR count). The highest BCUT2D eigenvalue weighted by Gasteiger charge is 2.39. The summed E-state index contributed by atoms with van der Waals surface area (Å²) in [5.74, 6) is -1.84. The van der Waals surface area contributed by atoms with E-state index in [0.717, 1.165) is 4.57 Å². The van der Waals surface area contributed by atoms with Crippen molar-refractivity contribution < 1.29 is 18.0 Å². The molecule has 0 atom stereocenters. The highest BCUT2D eigenvalue weighted by molar-refractivity contribution is 6.40. The third kappa shape index (κ3) is 3.84. The molecule has 0 aliphatic carbocycles. The van der Waals surface area contributed by atoms with Gasteiger partial charge < -0.3 is 5.32 Å². The smallest absolute Gasteiger partial charge is 0.319 e. The highest BCUT2D eigenvalue weighted by Crippen LogP contribution is 2.36. The number of aromatic nitrogens is 3. The number of anilines is 1. The molecule has 0 aliphatic rings. The monoisotopic (exact) mass is 464 g/mol. The second kappa shape index (κ2) is 7.86. The molecule has 0 spiro atoms. The molecule has 0 radical (unpaired) electrons. The molecule has 0 saturated heterocycles. The summed E-state index contributed by atoms with van der Waals surface area (Å²) in [5.41, 5.74) is 0.555. The lowest BCUT2D eigenvalue weighted by Crippen LogP contribution is -2.15. The van der Waals surface area contributed by atoms with E-state index in [2.05, 4.69) is 15.3 Å². The number of fused-ring (bicyclic) bond motifs is 1. The van der Waals surface area contributed by atoms with Gasteiger partial charge in [-0.25, -0.2) is 9.97 Å². The van der Waals surface area contributed by atoms with Gasteiger partial charge in [-0.15, -0.1) is 0 Å². The van der Waals surface area contributed by atoms with Crippen LogP contribution in [-0.4, -0.2) is 20.4 Å². The van der Waals surface area contributed by atoms with E-state index in [1.54, 1.807) is 31.2 Å². The molecule has 4 aromatic rings. The standard InChI is InChI=1S/C21H13Cl2F3N4O/c1-11-8-9-14-18(16(11)19(31)28-17-12(22)5-4-6-13(17)23)29-20(21(24,25)26)30(14)15-7-2-3-10-27-15/h2-10H,1H3,(H,28,31). The zero-order chi connectivity index (χ0) is 22.3. The van der Waals surface area contributed by atoms with Gasteiger partial charge in [0.1, 0.15) is 11.3 Å². The van der Waals surface area contributed by atoms with Crippen LogP contribution in [0.25, 0.3) is 16.9 Å². The number of alkyl halides is 3. The zero-order valence-corrected chi connectivity index (χ0v) is 17.3. The van der Waals surface area contributed by atoms with Crippen molar-refractivity contribution in [1.29, 1.82) is 0 Å². The third-order valence-electron chi connectivity index (χ3n) is 4.60. The number of hydrogen-bond donors (Lipinski definition) is 1. The molecule has 1 N–H and O–H groups in total. The van der Waals surface area contributed by atoms with E-state index in [4.69, 9.17) is 23.2 Å². The number of carbonyl (C=O) groups excluding carboxylic acids is 1. The van der Waals surface area contributed by atoms with Gasteiger partial charge >= 0.3 is 6.18 Å². The number of carbonyl (C=O) groups is 1. The second-order valence-electron chi connectivity index (χ2n) is 6.63.